The number of hydrogen-bond acceptors (Lipinski definition) is 4. The summed E-state index contributed by atoms with van der Waals surface area (Å²) in [6.45, 7) is 1.90. The molecule has 4 aromatic rings. The molecule has 1 heterocycles. The first-order valence-corrected chi connectivity index (χ1v) is 9.88. The second-order valence-corrected chi connectivity index (χ2v) is 7.33. The average Bonchev–Trinajstić information content (AvgIpc) is 2.77. The maximum absolute atomic E-state index is 13.5. The molecule has 2 N–H and O–H groups in total. The molecule has 7 heteroatoms. The van der Waals surface area contributed by atoms with Crippen molar-refractivity contribution >= 4 is 34.7 Å². The molecule has 0 unspecified atom stereocenters. The lowest BCUT2D eigenvalue weighted by Gasteiger charge is -2.09. The zero-order valence-corrected chi connectivity index (χ0v) is 17.3. The molecule has 0 spiro atoms. The molecule has 0 aliphatic rings. The van der Waals surface area contributed by atoms with Gasteiger partial charge in [0.15, 0.2) is 0 Å². The molecule has 0 aliphatic carbocycles. The van der Waals surface area contributed by atoms with Crippen LogP contribution in [0.1, 0.15) is 15.9 Å². The Morgan fingerprint density at radius 3 is 2.45 bits per heavy atom. The van der Waals surface area contributed by atoms with Crippen molar-refractivity contribution in [2.45, 2.75) is 6.92 Å². The smallest absolute Gasteiger partial charge is 0.255 e. The third-order valence-electron chi connectivity index (χ3n) is 4.64. The van der Waals surface area contributed by atoms with E-state index in [1.165, 1.54) is 18.5 Å². The lowest BCUT2D eigenvalue weighted by Crippen LogP contribution is -2.11. The third kappa shape index (κ3) is 5.05. The number of nitrogens with zero attached hydrogens (tertiary/aromatic N) is 2. The molecule has 0 radical (unpaired) electrons. The predicted octanol–water partition coefficient (Wildman–Crippen LogP) is 6.24. The fourth-order valence-electron chi connectivity index (χ4n) is 2.96. The highest BCUT2D eigenvalue weighted by atomic mass is 35.5. The molecule has 154 valence electrons. The highest BCUT2D eigenvalue weighted by Gasteiger charge is 2.08. The second-order valence-electron chi connectivity index (χ2n) is 6.92. The van der Waals surface area contributed by atoms with Crippen molar-refractivity contribution in [2.75, 3.05) is 10.6 Å². The van der Waals surface area contributed by atoms with E-state index in [2.05, 4.69) is 20.6 Å². The van der Waals surface area contributed by atoms with Crippen molar-refractivity contribution in [3.8, 4) is 11.3 Å². The molecule has 4 rings (SSSR count). The van der Waals surface area contributed by atoms with Gasteiger partial charge in [-0.1, -0.05) is 29.8 Å². The first kappa shape index (κ1) is 20.5. The van der Waals surface area contributed by atoms with E-state index in [9.17, 15) is 9.18 Å². The molecule has 0 aliphatic heterocycles. The van der Waals surface area contributed by atoms with Gasteiger partial charge in [-0.05, 0) is 61.0 Å². The first-order chi connectivity index (χ1) is 15.0. The maximum Gasteiger partial charge on any atom is 0.255 e. The Labute approximate surface area is 184 Å². The molecular formula is C24H18ClFN4O. The Balaban J connectivity index is 1.45. The van der Waals surface area contributed by atoms with Crippen LogP contribution in [0.25, 0.3) is 11.3 Å². The van der Waals surface area contributed by atoms with Gasteiger partial charge in [0.25, 0.3) is 5.91 Å². The van der Waals surface area contributed by atoms with E-state index in [4.69, 9.17) is 11.6 Å². The van der Waals surface area contributed by atoms with Crippen LogP contribution in [0.4, 0.5) is 21.6 Å². The summed E-state index contributed by atoms with van der Waals surface area (Å²) >= 11 is 6.11. The number of halogens is 2. The summed E-state index contributed by atoms with van der Waals surface area (Å²) in [5.41, 5.74) is 4.09. The molecule has 31 heavy (non-hydrogen) atoms. The lowest BCUT2D eigenvalue weighted by atomic mass is 10.1. The zero-order chi connectivity index (χ0) is 21.8. The SMILES string of the molecule is Cc1ccc(NC(=O)c2ccc(Nc3cc(-c4cccc(F)c4)ncn3)cc2)cc1Cl. The highest BCUT2D eigenvalue weighted by Crippen LogP contribution is 2.23. The van der Waals surface area contributed by atoms with Crippen LogP contribution in [0.2, 0.25) is 5.02 Å². The summed E-state index contributed by atoms with van der Waals surface area (Å²) in [5, 5.41) is 6.59. The second kappa shape index (κ2) is 8.93. The molecule has 0 saturated heterocycles. The van der Waals surface area contributed by atoms with Crippen LogP contribution in [0.5, 0.6) is 0 Å². The molecule has 0 fully saturated rings. The number of hydrogen-bond donors (Lipinski definition) is 2. The number of carbonyl (C=O) groups excluding carboxylic acids is 1. The monoisotopic (exact) mass is 432 g/mol. The molecule has 0 saturated carbocycles. The van der Waals surface area contributed by atoms with E-state index in [-0.39, 0.29) is 11.7 Å². The van der Waals surface area contributed by atoms with E-state index in [1.807, 2.05) is 13.0 Å². The largest absolute Gasteiger partial charge is 0.340 e. The van der Waals surface area contributed by atoms with E-state index >= 15 is 0 Å². The summed E-state index contributed by atoms with van der Waals surface area (Å²) < 4.78 is 13.5. The standard InChI is InChI=1S/C24H18ClFN4O/c1-15-5-8-20(12-21(15)25)30-24(31)16-6-9-19(10-7-16)29-23-13-22(27-14-28-23)17-3-2-4-18(26)11-17/h2-14H,1H3,(H,30,31)(H,27,28,29). The van der Waals surface area contributed by atoms with Crippen molar-refractivity contribution in [3.63, 3.8) is 0 Å². The van der Waals surface area contributed by atoms with Crippen molar-refractivity contribution < 1.29 is 9.18 Å². The van der Waals surface area contributed by atoms with Crippen molar-refractivity contribution in [2.24, 2.45) is 0 Å². The number of anilines is 3. The Morgan fingerprint density at radius 2 is 1.71 bits per heavy atom. The van der Waals surface area contributed by atoms with Crippen LogP contribution < -0.4 is 10.6 Å². The van der Waals surface area contributed by atoms with Crippen LogP contribution in [-0.2, 0) is 0 Å². The van der Waals surface area contributed by atoms with Gasteiger partial charge in [-0.2, -0.15) is 0 Å². The van der Waals surface area contributed by atoms with E-state index in [0.717, 1.165) is 11.3 Å². The van der Waals surface area contributed by atoms with E-state index in [1.54, 1.807) is 54.6 Å². The minimum atomic E-state index is -0.326. The predicted molar refractivity (Wildman–Crippen MR) is 121 cm³/mol. The quantitative estimate of drug-likeness (QED) is 0.391. The van der Waals surface area contributed by atoms with Gasteiger partial charge in [0.05, 0.1) is 5.69 Å². The topological polar surface area (TPSA) is 66.9 Å². The van der Waals surface area contributed by atoms with Crippen molar-refractivity contribution in [1.29, 1.82) is 0 Å². The lowest BCUT2D eigenvalue weighted by molar-refractivity contribution is 0.102. The van der Waals surface area contributed by atoms with Gasteiger partial charge >= 0.3 is 0 Å². The Morgan fingerprint density at radius 1 is 0.935 bits per heavy atom. The molecule has 0 atom stereocenters. The average molecular weight is 433 g/mol. The Bertz CT molecular complexity index is 1240. The van der Waals surface area contributed by atoms with Gasteiger partial charge in [0.2, 0.25) is 0 Å². The van der Waals surface area contributed by atoms with Crippen LogP contribution in [0, 0.1) is 12.7 Å². The minimum absolute atomic E-state index is 0.234. The number of aryl methyl sites for hydroxylation is 1. The van der Waals surface area contributed by atoms with Gasteiger partial charge in [-0.25, -0.2) is 14.4 Å². The fraction of sp³-hybridized carbons (Fsp3) is 0.0417. The van der Waals surface area contributed by atoms with Gasteiger partial charge in [0, 0.05) is 33.6 Å². The van der Waals surface area contributed by atoms with Crippen LogP contribution in [0.3, 0.4) is 0 Å². The minimum Gasteiger partial charge on any atom is -0.340 e. The molecule has 1 amide bonds. The zero-order valence-electron chi connectivity index (χ0n) is 16.6. The van der Waals surface area contributed by atoms with Gasteiger partial charge in [-0.3, -0.25) is 4.79 Å². The summed E-state index contributed by atoms with van der Waals surface area (Å²) in [6, 6.07) is 20.3. The number of nitrogens with one attached hydrogen (secondary N) is 2. The van der Waals surface area contributed by atoms with E-state index in [0.29, 0.717) is 33.3 Å². The van der Waals surface area contributed by atoms with E-state index < -0.39 is 0 Å². The number of aromatic nitrogens is 2. The molecule has 5 nitrogen and oxygen atoms in total. The first-order valence-electron chi connectivity index (χ1n) is 9.50. The van der Waals surface area contributed by atoms with Crippen molar-refractivity contribution in [3.05, 3.63) is 101 Å². The molecular weight excluding hydrogens is 415 g/mol. The van der Waals surface area contributed by atoms with Crippen LogP contribution in [0.15, 0.2) is 79.1 Å². The summed E-state index contributed by atoms with van der Waals surface area (Å²) in [5.74, 6) is -0.00458. The summed E-state index contributed by atoms with van der Waals surface area (Å²) in [4.78, 5) is 20.9. The number of carbonyl (C=O) groups is 1. The maximum atomic E-state index is 13.5. The van der Waals surface area contributed by atoms with Gasteiger partial charge < -0.3 is 10.6 Å². The molecule has 3 aromatic carbocycles. The Hall–Kier alpha value is -3.77. The van der Waals surface area contributed by atoms with Crippen molar-refractivity contribution in [1.82, 2.24) is 9.97 Å². The summed E-state index contributed by atoms with van der Waals surface area (Å²) in [6.07, 6.45) is 1.41. The van der Waals surface area contributed by atoms with Gasteiger partial charge in [0.1, 0.15) is 18.0 Å². The number of amides is 1. The number of benzene rings is 3. The third-order valence-corrected chi connectivity index (χ3v) is 5.04. The van der Waals surface area contributed by atoms with Crippen LogP contribution in [-0.4, -0.2) is 15.9 Å². The molecule has 0 bridgehead atoms. The Kier molecular flexibility index (Phi) is 5.91. The normalized spacial score (nSPS) is 10.5. The number of rotatable bonds is 5. The van der Waals surface area contributed by atoms with Crippen LogP contribution >= 0.6 is 11.6 Å². The summed E-state index contributed by atoms with van der Waals surface area (Å²) in [7, 11) is 0. The fourth-order valence-corrected chi connectivity index (χ4v) is 3.14. The highest BCUT2D eigenvalue weighted by molar-refractivity contribution is 6.31. The van der Waals surface area contributed by atoms with Gasteiger partial charge in [-0.15, -0.1) is 0 Å². The molecule has 1 aromatic heterocycles.